The molecule has 2 aromatic carbocycles. The zero-order valence-corrected chi connectivity index (χ0v) is 22.3. The molecule has 1 saturated carbocycles. The average Bonchev–Trinajstić information content (AvgIpc) is 3.45. The van der Waals surface area contributed by atoms with Crippen LogP contribution in [0.2, 0.25) is 0 Å². The molecule has 10 heteroatoms. The standard InChI is InChI=1S/C29H32N2O8/c1-19(32)38-30-26(17-8-21-6-4-5-7-21)28(34)22-9-13-24(14-10-22)37-25-15-11-23(12-16-25)29(35)27(18-36-3)31-39-20(2)33/h9-16,21H,4-8,17-18H2,1-3H3/b30-26+,31-27+. The van der Waals surface area contributed by atoms with Crippen LogP contribution < -0.4 is 4.74 Å². The van der Waals surface area contributed by atoms with Crippen LogP contribution in [0.5, 0.6) is 11.5 Å². The molecule has 10 nitrogen and oxygen atoms in total. The first kappa shape index (κ1) is 29.4. The van der Waals surface area contributed by atoms with Crippen molar-refractivity contribution in [2.45, 2.75) is 52.4 Å². The molecule has 1 fully saturated rings. The fourth-order valence-corrected chi connectivity index (χ4v) is 4.17. The lowest BCUT2D eigenvalue weighted by atomic mass is 9.96. The van der Waals surface area contributed by atoms with Crippen molar-refractivity contribution in [1.82, 2.24) is 0 Å². The molecule has 3 rings (SSSR count). The van der Waals surface area contributed by atoms with Gasteiger partial charge in [0, 0.05) is 32.1 Å². The maximum atomic E-state index is 13.1. The first-order valence-electron chi connectivity index (χ1n) is 12.7. The lowest BCUT2D eigenvalue weighted by molar-refractivity contribution is -0.141. The zero-order chi connectivity index (χ0) is 28.2. The Labute approximate surface area is 226 Å². The van der Waals surface area contributed by atoms with E-state index in [-0.39, 0.29) is 23.8 Å². The second-order valence-corrected chi connectivity index (χ2v) is 9.17. The molecule has 1 aliphatic carbocycles. The molecule has 0 aliphatic heterocycles. The summed E-state index contributed by atoms with van der Waals surface area (Å²) >= 11 is 0. The normalized spacial score (nSPS) is 14.1. The van der Waals surface area contributed by atoms with Crippen LogP contribution in [-0.2, 0) is 24.0 Å². The second-order valence-electron chi connectivity index (χ2n) is 9.17. The van der Waals surface area contributed by atoms with Gasteiger partial charge >= 0.3 is 11.9 Å². The van der Waals surface area contributed by atoms with Crippen molar-refractivity contribution in [3.63, 3.8) is 0 Å². The van der Waals surface area contributed by atoms with Crippen LogP contribution in [-0.4, -0.2) is 48.6 Å². The van der Waals surface area contributed by atoms with E-state index in [1.165, 1.54) is 33.8 Å². The predicted octanol–water partition coefficient (Wildman–Crippen LogP) is 5.30. The van der Waals surface area contributed by atoms with Crippen LogP contribution in [0.3, 0.4) is 0 Å². The highest BCUT2D eigenvalue weighted by molar-refractivity contribution is 6.46. The van der Waals surface area contributed by atoms with Crippen LogP contribution in [0.1, 0.15) is 73.1 Å². The molecule has 0 amide bonds. The average molecular weight is 537 g/mol. The summed E-state index contributed by atoms with van der Waals surface area (Å²) in [7, 11) is 1.40. The number of hydrogen-bond donors (Lipinski definition) is 0. The summed E-state index contributed by atoms with van der Waals surface area (Å²) in [5.41, 5.74) is 0.874. The van der Waals surface area contributed by atoms with Crippen molar-refractivity contribution in [2.75, 3.05) is 13.7 Å². The van der Waals surface area contributed by atoms with Gasteiger partial charge in [0.25, 0.3) is 0 Å². The first-order valence-corrected chi connectivity index (χ1v) is 12.7. The fraction of sp³-hybridized carbons (Fsp3) is 0.379. The number of ether oxygens (including phenoxy) is 2. The third kappa shape index (κ3) is 9.26. The van der Waals surface area contributed by atoms with Crippen molar-refractivity contribution in [1.29, 1.82) is 0 Å². The Kier molecular flexibility index (Phi) is 11.1. The van der Waals surface area contributed by atoms with Crippen LogP contribution in [0.15, 0.2) is 58.8 Å². The van der Waals surface area contributed by atoms with Crippen molar-refractivity contribution in [3.05, 3.63) is 59.7 Å². The molecule has 0 N–H and O–H groups in total. The molecular formula is C29H32N2O8. The van der Waals surface area contributed by atoms with E-state index in [2.05, 4.69) is 15.1 Å². The Balaban J connectivity index is 1.65. The summed E-state index contributed by atoms with van der Waals surface area (Å²) in [5.74, 6) is -0.478. The van der Waals surface area contributed by atoms with Gasteiger partial charge in [-0.3, -0.25) is 9.59 Å². The van der Waals surface area contributed by atoms with E-state index in [9.17, 15) is 19.2 Å². The number of rotatable bonds is 13. The number of nitrogens with zero attached hydrogens (tertiary/aromatic N) is 2. The number of Topliss-reactive ketones (excluding diaryl/α,β-unsaturated/α-hetero) is 2. The number of benzene rings is 2. The minimum absolute atomic E-state index is 0.0542. The number of oxime groups is 2. The largest absolute Gasteiger partial charge is 0.457 e. The van der Waals surface area contributed by atoms with E-state index in [1.807, 2.05) is 0 Å². The van der Waals surface area contributed by atoms with Gasteiger partial charge in [-0.25, -0.2) is 9.59 Å². The maximum Gasteiger partial charge on any atom is 0.331 e. The summed E-state index contributed by atoms with van der Waals surface area (Å²) in [6, 6.07) is 12.9. The van der Waals surface area contributed by atoms with E-state index in [0.717, 1.165) is 19.3 Å². The predicted molar refractivity (Wildman–Crippen MR) is 143 cm³/mol. The van der Waals surface area contributed by atoms with Crippen LogP contribution in [0.25, 0.3) is 0 Å². The Morgan fingerprint density at radius 3 is 1.67 bits per heavy atom. The van der Waals surface area contributed by atoms with E-state index in [0.29, 0.717) is 35.0 Å². The van der Waals surface area contributed by atoms with E-state index in [4.69, 9.17) is 14.3 Å². The lowest BCUT2D eigenvalue weighted by Gasteiger charge is -2.11. The van der Waals surface area contributed by atoms with Gasteiger partial charge in [0.2, 0.25) is 11.6 Å². The summed E-state index contributed by atoms with van der Waals surface area (Å²) in [4.78, 5) is 57.4. The smallest absolute Gasteiger partial charge is 0.331 e. The monoisotopic (exact) mass is 536 g/mol. The molecule has 0 unspecified atom stereocenters. The summed E-state index contributed by atoms with van der Waals surface area (Å²) in [5, 5.41) is 7.40. The van der Waals surface area contributed by atoms with Gasteiger partial charge in [-0.05, 0) is 67.3 Å². The second kappa shape index (κ2) is 14.7. The molecule has 0 spiro atoms. The molecule has 0 atom stereocenters. The molecule has 0 saturated heterocycles. The molecule has 39 heavy (non-hydrogen) atoms. The van der Waals surface area contributed by atoms with Crippen molar-refractivity contribution >= 4 is 34.9 Å². The van der Waals surface area contributed by atoms with E-state index in [1.54, 1.807) is 48.5 Å². The summed E-state index contributed by atoms with van der Waals surface area (Å²) in [6.07, 6.45) is 5.97. The van der Waals surface area contributed by atoms with E-state index >= 15 is 0 Å². The topological polar surface area (TPSA) is 130 Å². The van der Waals surface area contributed by atoms with Gasteiger partial charge < -0.3 is 19.1 Å². The number of ketones is 2. The Morgan fingerprint density at radius 1 is 0.744 bits per heavy atom. The van der Waals surface area contributed by atoms with Crippen molar-refractivity contribution < 1.29 is 38.3 Å². The summed E-state index contributed by atoms with van der Waals surface area (Å²) in [6.45, 7) is 2.30. The summed E-state index contributed by atoms with van der Waals surface area (Å²) < 4.78 is 10.8. The van der Waals surface area contributed by atoms with Crippen LogP contribution in [0, 0.1) is 5.92 Å². The number of carbonyl (C=O) groups excluding carboxylic acids is 4. The molecule has 0 heterocycles. The van der Waals surface area contributed by atoms with Gasteiger partial charge in [-0.2, -0.15) is 0 Å². The lowest BCUT2D eigenvalue weighted by Crippen LogP contribution is -2.20. The number of methoxy groups -OCH3 is 1. The molecule has 0 aromatic heterocycles. The third-order valence-electron chi connectivity index (χ3n) is 6.11. The van der Waals surface area contributed by atoms with Gasteiger partial charge in [0.05, 0.1) is 6.61 Å². The SMILES string of the molecule is COC/C(=N\OC(C)=O)C(=O)c1ccc(Oc2ccc(C(=O)/C(CCC3CCCC3)=N/OC(C)=O)cc2)cc1. The number of carbonyl (C=O) groups is 4. The third-order valence-corrected chi connectivity index (χ3v) is 6.11. The minimum atomic E-state index is -0.648. The van der Waals surface area contributed by atoms with Gasteiger partial charge in [0.15, 0.2) is 5.71 Å². The minimum Gasteiger partial charge on any atom is -0.457 e. The molecule has 0 radical (unpaired) electrons. The Hall–Kier alpha value is -4.18. The highest BCUT2D eigenvalue weighted by atomic mass is 16.7. The van der Waals surface area contributed by atoms with Gasteiger partial charge in [0.1, 0.15) is 17.2 Å². The molecule has 1 aliphatic rings. The molecule has 0 bridgehead atoms. The fourth-order valence-electron chi connectivity index (χ4n) is 4.17. The zero-order valence-electron chi connectivity index (χ0n) is 22.3. The van der Waals surface area contributed by atoms with Gasteiger partial charge in [-0.1, -0.05) is 36.0 Å². The maximum absolute atomic E-state index is 13.1. The highest BCUT2D eigenvalue weighted by Gasteiger charge is 2.21. The number of hydrogen-bond acceptors (Lipinski definition) is 10. The van der Waals surface area contributed by atoms with Crippen LogP contribution >= 0.6 is 0 Å². The van der Waals surface area contributed by atoms with Gasteiger partial charge in [-0.15, -0.1) is 0 Å². The molecule has 2 aromatic rings. The van der Waals surface area contributed by atoms with Crippen LogP contribution in [0.4, 0.5) is 0 Å². The highest BCUT2D eigenvalue weighted by Crippen LogP contribution is 2.29. The molecular weight excluding hydrogens is 504 g/mol. The van der Waals surface area contributed by atoms with Crippen molar-refractivity contribution in [3.8, 4) is 11.5 Å². The molecule has 206 valence electrons. The quantitative estimate of drug-likeness (QED) is 0.146. The first-order chi connectivity index (χ1) is 18.8. The Bertz CT molecular complexity index is 1230. The van der Waals surface area contributed by atoms with E-state index < -0.39 is 17.7 Å². The Morgan fingerprint density at radius 2 is 1.21 bits per heavy atom. The van der Waals surface area contributed by atoms with Crippen molar-refractivity contribution in [2.24, 2.45) is 16.2 Å².